The number of fused-ring (bicyclic) bond motifs is 1. The van der Waals surface area contributed by atoms with Gasteiger partial charge in [-0.05, 0) is 38.0 Å². The molecule has 0 saturated heterocycles. The van der Waals surface area contributed by atoms with Crippen LogP contribution in [0.4, 0.5) is 5.69 Å². The predicted molar refractivity (Wildman–Crippen MR) is 97.7 cm³/mol. The first-order valence-electron chi connectivity index (χ1n) is 8.55. The van der Waals surface area contributed by atoms with Crippen molar-refractivity contribution in [1.82, 2.24) is 0 Å². The molecule has 2 aromatic rings. The maximum Gasteiger partial charge on any atom is 0.340 e. The van der Waals surface area contributed by atoms with Gasteiger partial charge in [-0.25, -0.2) is 4.79 Å². The highest BCUT2D eigenvalue weighted by atomic mass is 16.5. The summed E-state index contributed by atoms with van der Waals surface area (Å²) in [5.41, 5.74) is 0.954. The molecular weight excluding hydrogens is 354 g/mol. The van der Waals surface area contributed by atoms with E-state index in [2.05, 4.69) is 5.32 Å². The molecule has 0 radical (unpaired) electrons. The molecule has 0 atom stereocenters. The van der Waals surface area contributed by atoms with Crippen molar-refractivity contribution in [2.75, 3.05) is 11.9 Å². The van der Waals surface area contributed by atoms with Crippen molar-refractivity contribution in [3.05, 3.63) is 39.7 Å². The van der Waals surface area contributed by atoms with Crippen LogP contribution < -0.4 is 10.9 Å². The van der Waals surface area contributed by atoms with Crippen molar-refractivity contribution in [3.8, 4) is 0 Å². The van der Waals surface area contributed by atoms with Crippen LogP contribution in [-0.4, -0.2) is 29.6 Å². The standard InChI is InChI=1S/C19H21NO7/c1-3-26-18(24)10-14-11(2)13-8-7-12(9-15(13)27-19(14)25)20-16(21)5-4-6-17(22)23/h7-9H,3-6,10H2,1-2H3,(H,20,21)(H,22,23). The van der Waals surface area contributed by atoms with Crippen LogP contribution in [0.15, 0.2) is 27.4 Å². The third-order valence-electron chi connectivity index (χ3n) is 3.99. The molecule has 0 bridgehead atoms. The number of benzene rings is 1. The van der Waals surface area contributed by atoms with Crippen molar-refractivity contribution in [2.24, 2.45) is 0 Å². The molecule has 0 saturated carbocycles. The lowest BCUT2D eigenvalue weighted by molar-refractivity contribution is -0.142. The molecule has 0 spiro atoms. The van der Waals surface area contributed by atoms with Gasteiger partial charge in [0.15, 0.2) is 0 Å². The summed E-state index contributed by atoms with van der Waals surface area (Å²) in [5.74, 6) is -1.78. The van der Waals surface area contributed by atoms with E-state index in [1.165, 1.54) is 6.07 Å². The zero-order chi connectivity index (χ0) is 20.0. The van der Waals surface area contributed by atoms with E-state index in [1.807, 2.05) is 0 Å². The smallest absolute Gasteiger partial charge is 0.340 e. The van der Waals surface area contributed by atoms with Gasteiger partial charge in [-0.3, -0.25) is 14.4 Å². The monoisotopic (exact) mass is 375 g/mol. The first kappa shape index (κ1) is 20.2. The van der Waals surface area contributed by atoms with Crippen LogP contribution in [-0.2, 0) is 25.5 Å². The Labute approximate surface area is 155 Å². The number of hydrogen-bond donors (Lipinski definition) is 2. The Bertz CT molecular complexity index is 930. The molecule has 144 valence electrons. The summed E-state index contributed by atoms with van der Waals surface area (Å²) in [6, 6.07) is 4.86. The number of amides is 1. The van der Waals surface area contributed by atoms with Gasteiger partial charge in [-0.1, -0.05) is 0 Å². The summed E-state index contributed by atoms with van der Waals surface area (Å²) in [5, 5.41) is 11.9. The normalized spacial score (nSPS) is 10.6. The van der Waals surface area contributed by atoms with Gasteiger partial charge in [0.05, 0.1) is 18.6 Å². The van der Waals surface area contributed by atoms with Gasteiger partial charge in [0.25, 0.3) is 0 Å². The zero-order valence-electron chi connectivity index (χ0n) is 15.2. The molecule has 0 aliphatic carbocycles. The topological polar surface area (TPSA) is 123 Å². The highest BCUT2D eigenvalue weighted by Gasteiger charge is 2.16. The molecule has 1 heterocycles. The van der Waals surface area contributed by atoms with E-state index in [-0.39, 0.29) is 49.3 Å². The summed E-state index contributed by atoms with van der Waals surface area (Å²) in [7, 11) is 0. The molecular formula is C19H21NO7. The lowest BCUT2D eigenvalue weighted by atomic mass is 10.0. The van der Waals surface area contributed by atoms with Gasteiger partial charge in [0, 0.05) is 30.0 Å². The number of carboxylic acids is 1. The van der Waals surface area contributed by atoms with Gasteiger partial charge < -0.3 is 19.6 Å². The van der Waals surface area contributed by atoms with E-state index in [0.29, 0.717) is 16.6 Å². The number of anilines is 1. The number of carboxylic acid groups (broad SMARTS) is 1. The fourth-order valence-corrected chi connectivity index (χ4v) is 2.66. The number of carbonyl (C=O) groups excluding carboxylic acids is 2. The number of aryl methyl sites for hydroxylation is 1. The molecule has 2 rings (SSSR count). The summed E-state index contributed by atoms with van der Waals surface area (Å²) < 4.78 is 10.2. The fourth-order valence-electron chi connectivity index (χ4n) is 2.66. The van der Waals surface area contributed by atoms with Crippen LogP contribution >= 0.6 is 0 Å². The van der Waals surface area contributed by atoms with Crippen LogP contribution in [0.3, 0.4) is 0 Å². The summed E-state index contributed by atoms with van der Waals surface area (Å²) >= 11 is 0. The SMILES string of the molecule is CCOC(=O)Cc1c(C)c2ccc(NC(=O)CCCC(=O)O)cc2oc1=O. The van der Waals surface area contributed by atoms with Crippen molar-refractivity contribution in [3.63, 3.8) is 0 Å². The maximum atomic E-state index is 12.2. The Morgan fingerprint density at radius 2 is 1.96 bits per heavy atom. The Hall–Kier alpha value is -3.16. The van der Waals surface area contributed by atoms with Crippen LogP contribution in [0.5, 0.6) is 0 Å². The van der Waals surface area contributed by atoms with Crippen LogP contribution in [0, 0.1) is 6.92 Å². The molecule has 0 aliphatic heterocycles. The second-order valence-electron chi connectivity index (χ2n) is 5.98. The highest BCUT2D eigenvalue weighted by molar-refractivity contribution is 5.94. The van der Waals surface area contributed by atoms with Gasteiger partial charge in [0.2, 0.25) is 5.91 Å². The third-order valence-corrected chi connectivity index (χ3v) is 3.99. The average Bonchev–Trinajstić information content (AvgIpc) is 2.58. The Kier molecular flexibility index (Phi) is 6.70. The molecule has 0 aliphatic rings. The largest absolute Gasteiger partial charge is 0.481 e. The lowest BCUT2D eigenvalue weighted by Gasteiger charge is -2.10. The van der Waals surface area contributed by atoms with E-state index in [4.69, 9.17) is 14.3 Å². The quantitative estimate of drug-likeness (QED) is 0.536. The van der Waals surface area contributed by atoms with Crippen LogP contribution in [0.25, 0.3) is 11.0 Å². The van der Waals surface area contributed by atoms with Crippen molar-refractivity contribution in [1.29, 1.82) is 0 Å². The third kappa shape index (κ3) is 5.40. The van der Waals surface area contributed by atoms with Gasteiger partial charge in [0.1, 0.15) is 5.58 Å². The molecule has 1 aromatic carbocycles. The first-order chi connectivity index (χ1) is 12.8. The van der Waals surface area contributed by atoms with Gasteiger partial charge >= 0.3 is 17.6 Å². The lowest BCUT2D eigenvalue weighted by Crippen LogP contribution is -2.17. The Morgan fingerprint density at radius 1 is 1.22 bits per heavy atom. The summed E-state index contributed by atoms with van der Waals surface area (Å²) in [6.45, 7) is 3.63. The minimum Gasteiger partial charge on any atom is -0.481 e. The number of nitrogens with one attached hydrogen (secondary N) is 1. The van der Waals surface area contributed by atoms with E-state index >= 15 is 0 Å². The number of ether oxygens (including phenoxy) is 1. The maximum absolute atomic E-state index is 12.2. The van der Waals surface area contributed by atoms with E-state index in [1.54, 1.807) is 26.0 Å². The zero-order valence-corrected chi connectivity index (χ0v) is 15.2. The second-order valence-corrected chi connectivity index (χ2v) is 5.98. The van der Waals surface area contributed by atoms with Gasteiger partial charge in [-0.15, -0.1) is 0 Å². The fraction of sp³-hybridized carbons (Fsp3) is 0.368. The van der Waals surface area contributed by atoms with E-state index in [0.717, 1.165) is 0 Å². The molecule has 8 heteroatoms. The second kappa shape index (κ2) is 8.98. The van der Waals surface area contributed by atoms with E-state index < -0.39 is 17.6 Å². The molecule has 0 fully saturated rings. The van der Waals surface area contributed by atoms with Crippen molar-refractivity contribution < 1.29 is 28.6 Å². The number of esters is 1. The molecule has 2 N–H and O–H groups in total. The predicted octanol–water partition coefficient (Wildman–Crippen LogP) is 2.40. The number of carbonyl (C=O) groups is 3. The number of hydrogen-bond acceptors (Lipinski definition) is 6. The van der Waals surface area contributed by atoms with Crippen molar-refractivity contribution >= 4 is 34.5 Å². The summed E-state index contributed by atoms with van der Waals surface area (Å²) in [6.07, 6.45) is 0.0639. The van der Waals surface area contributed by atoms with E-state index in [9.17, 15) is 19.2 Å². The molecule has 1 aromatic heterocycles. The Morgan fingerprint density at radius 3 is 2.63 bits per heavy atom. The molecule has 8 nitrogen and oxygen atoms in total. The number of aliphatic carboxylic acids is 1. The summed E-state index contributed by atoms with van der Waals surface area (Å²) in [4.78, 5) is 46.2. The van der Waals surface area contributed by atoms with Gasteiger partial charge in [-0.2, -0.15) is 0 Å². The highest BCUT2D eigenvalue weighted by Crippen LogP contribution is 2.23. The average molecular weight is 375 g/mol. The van der Waals surface area contributed by atoms with Crippen LogP contribution in [0.1, 0.15) is 37.3 Å². The molecule has 1 amide bonds. The number of rotatable bonds is 8. The van der Waals surface area contributed by atoms with Crippen molar-refractivity contribution in [2.45, 2.75) is 39.5 Å². The first-order valence-corrected chi connectivity index (χ1v) is 8.55. The molecule has 0 unspecified atom stereocenters. The molecule has 27 heavy (non-hydrogen) atoms. The van der Waals surface area contributed by atoms with Crippen LogP contribution in [0.2, 0.25) is 0 Å². The minimum absolute atomic E-state index is 0.0752. The minimum atomic E-state index is -0.954. The Balaban J connectivity index is 2.20.